The van der Waals surface area contributed by atoms with E-state index in [0.29, 0.717) is 17.2 Å². The standard InChI is InChI=1S/C25H30N4O3/c1-16(2)27-25(31)28-19-6-4-18(5-7-19)24(30)29-12-10-17(11-13-29)22-15-26-23-9-8-20(32-3)14-21(22)23/h4-9,14-17,26H,10-13H2,1-3H3,(H2,27,28,31). The lowest BCUT2D eigenvalue weighted by atomic mass is 9.89. The normalized spacial score (nSPS) is 14.6. The molecule has 1 fully saturated rings. The van der Waals surface area contributed by atoms with Crippen LogP contribution in [0.5, 0.6) is 5.75 Å². The van der Waals surface area contributed by atoms with Crippen LogP contribution < -0.4 is 15.4 Å². The van der Waals surface area contributed by atoms with Gasteiger partial charge in [-0.2, -0.15) is 0 Å². The number of H-pyrrole nitrogens is 1. The number of anilines is 1. The average molecular weight is 435 g/mol. The first-order valence-corrected chi connectivity index (χ1v) is 11.1. The van der Waals surface area contributed by atoms with Crippen molar-refractivity contribution < 1.29 is 14.3 Å². The molecule has 0 unspecified atom stereocenters. The van der Waals surface area contributed by atoms with E-state index in [2.05, 4.69) is 27.9 Å². The monoisotopic (exact) mass is 434 g/mol. The van der Waals surface area contributed by atoms with Crippen LogP contribution in [0, 0.1) is 0 Å². The number of carbonyl (C=O) groups is 2. The molecule has 0 radical (unpaired) electrons. The number of amides is 3. The first-order valence-electron chi connectivity index (χ1n) is 11.1. The number of aromatic nitrogens is 1. The topological polar surface area (TPSA) is 86.5 Å². The van der Waals surface area contributed by atoms with Gasteiger partial charge in [0.1, 0.15) is 5.75 Å². The predicted molar refractivity (Wildman–Crippen MR) is 126 cm³/mol. The van der Waals surface area contributed by atoms with Crippen LogP contribution in [-0.2, 0) is 0 Å². The summed E-state index contributed by atoms with van der Waals surface area (Å²) in [7, 11) is 1.68. The molecule has 7 heteroatoms. The van der Waals surface area contributed by atoms with Crippen LogP contribution >= 0.6 is 0 Å². The number of nitrogens with one attached hydrogen (secondary N) is 3. The van der Waals surface area contributed by atoms with E-state index in [0.717, 1.165) is 37.2 Å². The molecule has 1 aliphatic rings. The van der Waals surface area contributed by atoms with Crippen LogP contribution in [-0.4, -0.2) is 48.1 Å². The lowest BCUT2D eigenvalue weighted by Gasteiger charge is -2.32. The molecular weight excluding hydrogens is 404 g/mol. The van der Waals surface area contributed by atoms with E-state index in [1.54, 1.807) is 31.4 Å². The number of nitrogens with zero attached hydrogens (tertiary/aromatic N) is 1. The van der Waals surface area contributed by atoms with Gasteiger partial charge in [-0.3, -0.25) is 4.79 Å². The molecule has 7 nitrogen and oxygen atoms in total. The quantitative estimate of drug-likeness (QED) is 0.543. The van der Waals surface area contributed by atoms with Gasteiger partial charge in [-0.15, -0.1) is 0 Å². The second kappa shape index (κ2) is 9.34. The highest BCUT2D eigenvalue weighted by Crippen LogP contribution is 2.35. The van der Waals surface area contributed by atoms with Gasteiger partial charge in [0.25, 0.3) is 5.91 Å². The maximum atomic E-state index is 13.0. The second-order valence-electron chi connectivity index (χ2n) is 8.55. The van der Waals surface area contributed by atoms with Gasteiger partial charge in [-0.25, -0.2) is 4.79 Å². The van der Waals surface area contributed by atoms with Gasteiger partial charge in [0.15, 0.2) is 0 Å². The molecular formula is C25H30N4O3. The van der Waals surface area contributed by atoms with Crippen molar-refractivity contribution >= 4 is 28.5 Å². The molecule has 0 aliphatic carbocycles. The molecule has 0 saturated carbocycles. The van der Waals surface area contributed by atoms with Crippen molar-refractivity contribution in [1.82, 2.24) is 15.2 Å². The van der Waals surface area contributed by atoms with Gasteiger partial charge >= 0.3 is 6.03 Å². The SMILES string of the molecule is COc1ccc2[nH]cc(C3CCN(C(=O)c4ccc(NC(=O)NC(C)C)cc4)CC3)c2c1. The van der Waals surface area contributed by atoms with Crippen molar-refractivity contribution in [1.29, 1.82) is 0 Å². The number of benzene rings is 2. The fourth-order valence-corrected chi connectivity index (χ4v) is 4.29. The van der Waals surface area contributed by atoms with Crippen LogP contribution in [0.2, 0.25) is 0 Å². The Kier molecular flexibility index (Phi) is 6.35. The first-order chi connectivity index (χ1) is 15.4. The van der Waals surface area contributed by atoms with E-state index in [1.165, 1.54) is 10.9 Å². The molecule has 1 saturated heterocycles. The molecule has 3 aromatic rings. The molecule has 3 N–H and O–H groups in total. The molecule has 0 bridgehead atoms. The number of ether oxygens (including phenoxy) is 1. The van der Waals surface area contributed by atoms with Crippen molar-refractivity contribution in [3.8, 4) is 5.75 Å². The summed E-state index contributed by atoms with van der Waals surface area (Å²) < 4.78 is 5.38. The summed E-state index contributed by atoms with van der Waals surface area (Å²) in [4.78, 5) is 30.1. The predicted octanol–water partition coefficient (Wildman–Crippen LogP) is 4.73. The molecule has 32 heavy (non-hydrogen) atoms. The molecule has 0 atom stereocenters. The smallest absolute Gasteiger partial charge is 0.319 e. The third-order valence-corrected chi connectivity index (χ3v) is 5.95. The Morgan fingerprint density at radius 1 is 1.09 bits per heavy atom. The second-order valence-corrected chi connectivity index (χ2v) is 8.55. The highest BCUT2D eigenvalue weighted by molar-refractivity contribution is 5.95. The zero-order valence-corrected chi connectivity index (χ0v) is 18.8. The largest absolute Gasteiger partial charge is 0.497 e. The minimum absolute atomic E-state index is 0.0298. The van der Waals surface area contributed by atoms with Crippen molar-refractivity contribution in [2.45, 2.75) is 38.6 Å². The number of hydrogen-bond donors (Lipinski definition) is 3. The number of carbonyl (C=O) groups excluding carboxylic acids is 2. The van der Waals surface area contributed by atoms with Crippen LogP contribution in [0.1, 0.15) is 48.5 Å². The Hall–Kier alpha value is -3.48. The Bertz CT molecular complexity index is 1100. The Morgan fingerprint density at radius 2 is 1.81 bits per heavy atom. The summed E-state index contributed by atoms with van der Waals surface area (Å²) in [6, 6.07) is 13.0. The minimum Gasteiger partial charge on any atom is -0.497 e. The van der Waals surface area contributed by atoms with E-state index in [-0.39, 0.29) is 18.0 Å². The number of rotatable bonds is 5. The van der Waals surface area contributed by atoms with Crippen LogP contribution in [0.4, 0.5) is 10.5 Å². The van der Waals surface area contributed by atoms with E-state index in [4.69, 9.17) is 4.74 Å². The number of hydrogen-bond acceptors (Lipinski definition) is 3. The summed E-state index contributed by atoms with van der Waals surface area (Å²) >= 11 is 0. The molecule has 4 rings (SSSR count). The summed E-state index contributed by atoms with van der Waals surface area (Å²) in [5.74, 6) is 1.29. The summed E-state index contributed by atoms with van der Waals surface area (Å²) in [6.45, 7) is 5.24. The maximum Gasteiger partial charge on any atom is 0.319 e. The van der Waals surface area contributed by atoms with E-state index >= 15 is 0 Å². The minimum atomic E-state index is -0.254. The summed E-state index contributed by atoms with van der Waals surface area (Å²) in [5.41, 5.74) is 3.69. The summed E-state index contributed by atoms with van der Waals surface area (Å²) in [6.07, 6.45) is 3.93. The molecule has 1 aromatic heterocycles. The number of piperidine rings is 1. The van der Waals surface area contributed by atoms with Crippen LogP contribution in [0.15, 0.2) is 48.7 Å². The number of likely N-dealkylation sites (tertiary alicyclic amines) is 1. The average Bonchev–Trinajstić information content (AvgIpc) is 3.22. The molecule has 3 amide bonds. The first kappa shape index (κ1) is 21.7. The van der Waals surface area contributed by atoms with Gasteiger partial charge in [-0.1, -0.05) is 0 Å². The third kappa shape index (κ3) is 4.72. The van der Waals surface area contributed by atoms with Gasteiger partial charge in [0.05, 0.1) is 7.11 Å². The van der Waals surface area contributed by atoms with Crippen molar-refractivity contribution in [2.75, 3.05) is 25.5 Å². The lowest BCUT2D eigenvalue weighted by molar-refractivity contribution is 0.0713. The van der Waals surface area contributed by atoms with Crippen molar-refractivity contribution in [3.63, 3.8) is 0 Å². The fraction of sp³-hybridized carbons (Fsp3) is 0.360. The zero-order valence-electron chi connectivity index (χ0n) is 18.8. The van der Waals surface area contributed by atoms with Crippen molar-refractivity contribution in [3.05, 3.63) is 59.8 Å². The Morgan fingerprint density at radius 3 is 2.47 bits per heavy atom. The molecule has 2 heterocycles. The van der Waals surface area contributed by atoms with Crippen LogP contribution in [0.25, 0.3) is 10.9 Å². The number of fused-ring (bicyclic) bond motifs is 1. The molecule has 168 valence electrons. The Balaban J connectivity index is 1.37. The fourth-order valence-electron chi connectivity index (χ4n) is 4.29. The lowest BCUT2D eigenvalue weighted by Crippen LogP contribution is -2.38. The molecule has 2 aromatic carbocycles. The van der Waals surface area contributed by atoms with Crippen molar-refractivity contribution in [2.24, 2.45) is 0 Å². The van der Waals surface area contributed by atoms with Gasteiger partial charge in [0, 0.05) is 47.5 Å². The third-order valence-electron chi connectivity index (χ3n) is 5.95. The number of urea groups is 1. The van der Waals surface area contributed by atoms with E-state index in [1.807, 2.05) is 30.9 Å². The van der Waals surface area contributed by atoms with Gasteiger partial charge < -0.3 is 25.3 Å². The van der Waals surface area contributed by atoms with Gasteiger partial charge in [0.2, 0.25) is 0 Å². The van der Waals surface area contributed by atoms with Crippen LogP contribution in [0.3, 0.4) is 0 Å². The summed E-state index contributed by atoms with van der Waals surface area (Å²) in [5, 5.41) is 6.75. The van der Waals surface area contributed by atoms with E-state index in [9.17, 15) is 9.59 Å². The highest BCUT2D eigenvalue weighted by Gasteiger charge is 2.26. The van der Waals surface area contributed by atoms with E-state index < -0.39 is 0 Å². The maximum absolute atomic E-state index is 13.0. The molecule has 0 spiro atoms. The zero-order chi connectivity index (χ0) is 22.7. The Labute approximate surface area is 188 Å². The number of methoxy groups -OCH3 is 1. The highest BCUT2D eigenvalue weighted by atomic mass is 16.5. The number of aromatic amines is 1. The van der Waals surface area contributed by atoms with Gasteiger partial charge in [-0.05, 0) is 80.6 Å². The molecule has 1 aliphatic heterocycles.